The molecule has 106 valence electrons. The zero-order valence-corrected chi connectivity index (χ0v) is 12.7. The quantitative estimate of drug-likeness (QED) is 0.924. The molecule has 3 rings (SSSR count). The molecule has 0 aliphatic heterocycles. The molecule has 1 aliphatic rings. The fourth-order valence-corrected chi connectivity index (χ4v) is 3.20. The molecule has 0 atom stereocenters. The first kappa shape index (κ1) is 13.2. The third kappa shape index (κ3) is 2.33. The second kappa shape index (κ2) is 5.31. The summed E-state index contributed by atoms with van der Waals surface area (Å²) in [5.41, 5.74) is 8.06. The van der Waals surface area contributed by atoms with Crippen LogP contribution in [0.5, 0.6) is 0 Å². The largest absolute Gasteiger partial charge is 0.381 e. The molecule has 0 spiro atoms. The Morgan fingerprint density at radius 2 is 2.00 bits per heavy atom. The highest BCUT2D eigenvalue weighted by Gasteiger charge is 2.14. The summed E-state index contributed by atoms with van der Waals surface area (Å²) in [6.45, 7) is 5.09. The lowest BCUT2D eigenvalue weighted by Gasteiger charge is -2.20. The van der Waals surface area contributed by atoms with Crippen molar-refractivity contribution in [1.82, 2.24) is 9.78 Å². The minimum atomic E-state index is 0.863. The summed E-state index contributed by atoms with van der Waals surface area (Å²) in [5.74, 6) is 0. The van der Waals surface area contributed by atoms with Crippen LogP contribution in [0.4, 0.5) is 5.69 Å². The number of nitrogens with one attached hydrogen (secondary N) is 1. The second-order valence-corrected chi connectivity index (χ2v) is 5.78. The summed E-state index contributed by atoms with van der Waals surface area (Å²) >= 11 is 0. The topological polar surface area (TPSA) is 29.9 Å². The molecule has 1 N–H and O–H groups in total. The minimum Gasteiger partial charge on any atom is -0.381 e. The van der Waals surface area contributed by atoms with Gasteiger partial charge in [-0.1, -0.05) is 12.1 Å². The van der Waals surface area contributed by atoms with E-state index in [1.807, 2.05) is 11.7 Å². The van der Waals surface area contributed by atoms with Gasteiger partial charge in [-0.25, -0.2) is 0 Å². The zero-order chi connectivity index (χ0) is 14.1. The highest BCUT2D eigenvalue weighted by molar-refractivity contribution is 5.56. The maximum Gasteiger partial charge on any atom is 0.0646 e. The van der Waals surface area contributed by atoms with E-state index in [9.17, 15) is 0 Å². The van der Waals surface area contributed by atoms with Crippen LogP contribution in [0.15, 0.2) is 18.2 Å². The smallest absolute Gasteiger partial charge is 0.0646 e. The molecule has 3 nitrogen and oxygen atoms in total. The van der Waals surface area contributed by atoms with Gasteiger partial charge in [0, 0.05) is 30.5 Å². The lowest BCUT2D eigenvalue weighted by Crippen LogP contribution is -2.09. The normalized spacial score (nSPS) is 14.2. The van der Waals surface area contributed by atoms with Gasteiger partial charge in [0.25, 0.3) is 0 Å². The fourth-order valence-electron chi connectivity index (χ4n) is 3.20. The van der Waals surface area contributed by atoms with E-state index in [-0.39, 0.29) is 0 Å². The molecule has 1 aromatic carbocycles. The predicted octanol–water partition coefficient (Wildman–Crippen LogP) is 3.53. The molecule has 2 aromatic rings. The molecule has 0 unspecified atom stereocenters. The molecular weight excluding hydrogens is 246 g/mol. The first-order chi connectivity index (χ1) is 9.66. The standard InChI is InChI=1S/C17H23N3/c1-12-16(13(2)20(3)19-12)11-18-17-10-6-8-14-7-4-5-9-15(14)17/h6,8,10,18H,4-5,7,9,11H2,1-3H3. The number of hydrogen-bond donors (Lipinski definition) is 1. The van der Waals surface area contributed by atoms with Gasteiger partial charge in [0.1, 0.15) is 0 Å². The Hall–Kier alpha value is -1.77. The van der Waals surface area contributed by atoms with Gasteiger partial charge in [-0.2, -0.15) is 5.10 Å². The van der Waals surface area contributed by atoms with E-state index in [1.165, 1.54) is 53.8 Å². The summed E-state index contributed by atoms with van der Waals surface area (Å²) in [6, 6.07) is 6.67. The van der Waals surface area contributed by atoms with E-state index in [0.29, 0.717) is 0 Å². The molecule has 0 bridgehead atoms. The fraction of sp³-hybridized carbons (Fsp3) is 0.471. The van der Waals surface area contributed by atoms with Crippen LogP contribution in [0.1, 0.15) is 40.9 Å². The van der Waals surface area contributed by atoms with Crippen molar-refractivity contribution in [2.75, 3.05) is 5.32 Å². The molecular formula is C17H23N3. The molecule has 0 fully saturated rings. The molecule has 1 aliphatic carbocycles. The average molecular weight is 269 g/mol. The van der Waals surface area contributed by atoms with Crippen LogP contribution in [0.3, 0.4) is 0 Å². The molecule has 0 radical (unpaired) electrons. The number of fused-ring (bicyclic) bond motifs is 1. The Morgan fingerprint density at radius 3 is 2.75 bits per heavy atom. The van der Waals surface area contributed by atoms with Crippen LogP contribution in [0.2, 0.25) is 0 Å². The number of benzene rings is 1. The number of aromatic nitrogens is 2. The number of hydrogen-bond acceptors (Lipinski definition) is 2. The van der Waals surface area contributed by atoms with E-state index >= 15 is 0 Å². The number of anilines is 1. The van der Waals surface area contributed by atoms with E-state index in [2.05, 4.69) is 42.5 Å². The highest BCUT2D eigenvalue weighted by atomic mass is 15.3. The van der Waals surface area contributed by atoms with Crippen molar-refractivity contribution in [2.24, 2.45) is 7.05 Å². The lowest BCUT2D eigenvalue weighted by molar-refractivity contribution is 0.686. The second-order valence-electron chi connectivity index (χ2n) is 5.78. The maximum absolute atomic E-state index is 4.49. The van der Waals surface area contributed by atoms with Crippen molar-refractivity contribution in [3.8, 4) is 0 Å². The average Bonchev–Trinajstić information content (AvgIpc) is 2.70. The molecule has 3 heteroatoms. The zero-order valence-electron chi connectivity index (χ0n) is 12.7. The van der Waals surface area contributed by atoms with Crippen molar-refractivity contribution < 1.29 is 0 Å². The van der Waals surface area contributed by atoms with E-state index in [0.717, 1.165) is 12.2 Å². The summed E-state index contributed by atoms with van der Waals surface area (Å²) in [6.07, 6.45) is 5.09. The van der Waals surface area contributed by atoms with Gasteiger partial charge < -0.3 is 5.32 Å². The first-order valence-electron chi connectivity index (χ1n) is 7.50. The molecule has 0 amide bonds. The van der Waals surface area contributed by atoms with Gasteiger partial charge in [-0.05, 0) is 56.7 Å². The van der Waals surface area contributed by atoms with Gasteiger partial charge in [-0.3, -0.25) is 4.68 Å². The third-order valence-electron chi connectivity index (χ3n) is 4.51. The molecule has 0 saturated carbocycles. The predicted molar refractivity (Wildman–Crippen MR) is 83.1 cm³/mol. The van der Waals surface area contributed by atoms with Gasteiger partial charge >= 0.3 is 0 Å². The third-order valence-corrected chi connectivity index (χ3v) is 4.51. The van der Waals surface area contributed by atoms with Gasteiger partial charge in [0.05, 0.1) is 5.69 Å². The highest BCUT2D eigenvalue weighted by Crippen LogP contribution is 2.28. The molecule has 20 heavy (non-hydrogen) atoms. The van der Waals surface area contributed by atoms with Crippen LogP contribution in [-0.2, 0) is 26.4 Å². The minimum absolute atomic E-state index is 0.863. The van der Waals surface area contributed by atoms with Crippen molar-refractivity contribution in [3.63, 3.8) is 0 Å². The van der Waals surface area contributed by atoms with E-state index in [1.54, 1.807) is 0 Å². The SMILES string of the molecule is Cc1nn(C)c(C)c1CNc1cccc2c1CCCC2. The van der Waals surface area contributed by atoms with Crippen LogP contribution in [0, 0.1) is 13.8 Å². The van der Waals surface area contributed by atoms with Crippen molar-refractivity contribution in [1.29, 1.82) is 0 Å². The van der Waals surface area contributed by atoms with Crippen molar-refractivity contribution in [2.45, 2.75) is 46.1 Å². The number of nitrogens with zero attached hydrogens (tertiary/aromatic N) is 2. The lowest BCUT2D eigenvalue weighted by atomic mass is 9.90. The summed E-state index contributed by atoms with van der Waals surface area (Å²) in [5, 5.41) is 8.12. The molecule has 1 heterocycles. The summed E-state index contributed by atoms with van der Waals surface area (Å²) < 4.78 is 1.97. The van der Waals surface area contributed by atoms with Crippen LogP contribution < -0.4 is 5.32 Å². The Bertz CT molecular complexity index is 625. The van der Waals surface area contributed by atoms with Crippen LogP contribution >= 0.6 is 0 Å². The summed E-state index contributed by atoms with van der Waals surface area (Å²) in [7, 11) is 2.01. The summed E-state index contributed by atoms with van der Waals surface area (Å²) in [4.78, 5) is 0. The van der Waals surface area contributed by atoms with Gasteiger partial charge in [-0.15, -0.1) is 0 Å². The Morgan fingerprint density at radius 1 is 1.20 bits per heavy atom. The van der Waals surface area contributed by atoms with E-state index < -0.39 is 0 Å². The number of rotatable bonds is 3. The Kier molecular flexibility index (Phi) is 3.51. The molecule has 1 aromatic heterocycles. The number of aryl methyl sites for hydroxylation is 3. The van der Waals surface area contributed by atoms with E-state index in [4.69, 9.17) is 0 Å². The first-order valence-corrected chi connectivity index (χ1v) is 7.50. The van der Waals surface area contributed by atoms with Crippen molar-refractivity contribution in [3.05, 3.63) is 46.3 Å². The maximum atomic E-state index is 4.49. The van der Waals surface area contributed by atoms with Gasteiger partial charge in [0.2, 0.25) is 0 Å². The van der Waals surface area contributed by atoms with Crippen LogP contribution in [-0.4, -0.2) is 9.78 Å². The monoisotopic (exact) mass is 269 g/mol. The van der Waals surface area contributed by atoms with Crippen molar-refractivity contribution >= 4 is 5.69 Å². The molecule has 0 saturated heterocycles. The van der Waals surface area contributed by atoms with Crippen LogP contribution in [0.25, 0.3) is 0 Å². The Labute approximate surface area is 121 Å². The van der Waals surface area contributed by atoms with Gasteiger partial charge in [0.15, 0.2) is 0 Å². The Balaban J connectivity index is 1.82.